The molecule has 0 aromatic heterocycles. The molecule has 0 atom stereocenters. The van der Waals surface area contributed by atoms with Crippen LogP contribution >= 0.6 is 0 Å². The van der Waals surface area contributed by atoms with Crippen LogP contribution < -0.4 is 5.11 Å². The number of hydrogen-bond donors (Lipinski definition) is 0. The third-order valence-corrected chi connectivity index (χ3v) is 0.832. The second-order valence-electron chi connectivity index (χ2n) is 1.64. The Morgan fingerprint density at radius 2 is 2.00 bits per heavy atom. The first kappa shape index (κ1) is 13.2. The van der Waals surface area contributed by atoms with Gasteiger partial charge in [-0.25, -0.2) is 4.79 Å². The summed E-state index contributed by atoms with van der Waals surface area (Å²) in [5.74, 6) is -2.06. The molecule has 5 heteroatoms. The Morgan fingerprint density at radius 3 is 2.27 bits per heavy atom. The minimum atomic E-state index is -1.34. The average molecular weight is 350 g/mol. The fourth-order valence-corrected chi connectivity index (χ4v) is 0.391. The molecule has 0 aromatic rings. The van der Waals surface area contributed by atoms with Gasteiger partial charge in [0.2, 0.25) is 0 Å². The first-order valence-electron chi connectivity index (χ1n) is 2.54. The molecule has 0 bridgehead atoms. The minimum Gasteiger partial charge on any atom is -0.550 e. The Balaban J connectivity index is 0. The van der Waals surface area contributed by atoms with Crippen molar-refractivity contribution in [1.82, 2.24) is 0 Å². The first-order chi connectivity index (χ1) is 4.57. The first-order valence-corrected chi connectivity index (χ1v) is 2.54. The van der Waals surface area contributed by atoms with E-state index in [-0.39, 0.29) is 32.9 Å². The van der Waals surface area contributed by atoms with E-state index >= 15 is 0 Å². The summed E-state index contributed by atoms with van der Waals surface area (Å²) in [5, 5.41) is 9.85. The van der Waals surface area contributed by atoms with E-state index in [0.717, 1.165) is 7.11 Å². The number of carboxylic acids is 1. The van der Waals surface area contributed by atoms with Gasteiger partial charge in [0.1, 0.15) is 0 Å². The van der Waals surface area contributed by atoms with E-state index in [9.17, 15) is 14.7 Å². The van der Waals surface area contributed by atoms with Gasteiger partial charge in [0.25, 0.3) is 0 Å². The molecule has 11 heavy (non-hydrogen) atoms. The third-order valence-electron chi connectivity index (χ3n) is 0.832. The predicted molar refractivity (Wildman–Crippen MR) is 36.5 cm³/mol. The molecule has 0 unspecified atom stereocenters. The van der Waals surface area contributed by atoms with Crippen molar-refractivity contribution >= 4 is 39.2 Å². The van der Waals surface area contributed by atoms with Crippen LogP contribution in [0.15, 0.2) is 12.2 Å². The molecule has 0 heterocycles. The molecule has 4 nitrogen and oxygen atoms in total. The largest absolute Gasteiger partial charge is 0.550 e. The Hall–Kier alpha value is -0.398. The van der Waals surface area contributed by atoms with Crippen LogP contribution in [0, 0.1) is 0 Å². The van der Waals surface area contributed by atoms with E-state index < -0.39 is 18.4 Å². The van der Waals surface area contributed by atoms with E-state index in [1.807, 2.05) is 0 Å². The van der Waals surface area contributed by atoms with Crippen molar-refractivity contribution in [2.24, 2.45) is 0 Å². The monoisotopic (exact) mass is 351 g/mol. The molecule has 0 aromatic carbocycles. The van der Waals surface area contributed by atoms with Crippen LogP contribution in [-0.4, -0.2) is 46.3 Å². The van der Waals surface area contributed by atoms with Crippen molar-refractivity contribution < 1.29 is 19.4 Å². The summed E-state index contributed by atoms with van der Waals surface area (Å²) in [6.45, 7) is 3.17. The summed E-state index contributed by atoms with van der Waals surface area (Å²) in [7, 11) is 1.16. The van der Waals surface area contributed by atoms with Crippen LogP contribution in [0.5, 0.6) is 0 Å². The maximum atomic E-state index is 10.4. The van der Waals surface area contributed by atoms with E-state index in [4.69, 9.17) is 0 Å². The molecule has 0 aliphatic carbocycles. The second kappa shape index (κ2) is 6.32. The van der Waals surface area contributed by atoms with Crippen LogP contribution in [-0.2, 0) is 14.3 Å². The van der Waals surface area contributed by atoms with Gasteiger partial charge in [-0.1, -0.05) is 6.58 Å². The summed E-state index contributed by atoms with van der Waals surface area (Å²) in [6, 6.07) is 0. The van der Waals surface area contributed by atoms with Crippen molar-refractivity contribution in [3.8, 4) is 0 Å². The van der Waals surface area contributed by atoms with E-state index in [1.165, 1.54) is 0 Å². The van der Waals surface area contributed by atoms with Gasteiger partial charge < -0.3 is 14.6 Å². The SMILES string of the molecule is C=C(CC(=O)[O-])C(=O)OC.[Pb]. The van der Waals surface area contributed by atoms with Crippen LogP contribution in [0.25, 0.3) is 0 Å². The summed E-state index contributed by atoms with van der Waals surface area (Å²) in [6.07, 6.45) is -0.479. The molecule has 0 rings (SSSR count). The van der Waals surface area contributed by atoms with Crippen molar-refractivity contribution in [2.75, 3.05) is 7.11 Å². The normalized spacial score (nSPS) is 7.73. The number of rotatable bonds is 3. The molecule has 0 saturated heterocycles. The van der Waals surface area contributed by atoms with Gasteiger partial charge in [0.05, 0.1) is 7.11 Å². The zero-order valence-corrected chi connectivity index (χ0v) is 9.93. The fraction of sp³-hybridized carbons (Fsp3) is 0.333. The van der Waals surface area contributed by atoms with Crippen molar-refractivity contribution in [2.45, 2.75) is 6.42 Å². The fourth-order valence-electron chi connectivity index (χ4n) is 0.391. The standard InChI is InChI=1S/C6H8O4.Pb/c1-4(3-5(7)8)6(9)10-2;/h1,3H2,2H3,(H,7,8);/p-1. The average Bonchev–Trinajstić information content (AvgIpc) is 1.85. The number of aliphatic carboxylic acids is 1. The van der Waals surface area contributed by atoms with Gasteiger partial charge in [0, 0.05) is 45.3 Å². The maximum absolute atomic E-state index is 10.4. The molecule has 0 amide bonds. The molecular formula is C6H7O4Pb-. The third kappa shape index (κ3) is 6.02. The van der Waals surface area contributed by atoms with Gasteiger partial charge in [-0.3, -0.25) is 0 Å². The molecule has 0 spiro atoms. The van der Waals surface area contributed by atoms with Crippen molar-refractivity contribution in [3.05, 3.63) is 12.2 Å². The molecule has 4 radical (unpaired) electrons. The Labute approximate surface area is 84.4 Å². The number of methoxy groups -OCH3 is 1. The Bertz CT molecular complexity index is 175. The summed E-state index contributed by atoms with van der Waals surface area (Å²) < 4.78 is 4.18. The molecule has 0 aliphatic rings. The molecule has 0 saturated carbocycles. The summed E-state index contributed by atoms with van der Waals surface area (Å²) >= 11 is 0. The molecule has 0 aliphatic heterocycles. The van der Waals surface area contributed by atoms with E-state index in [1.54, 1.807) is 0 Å². The number of hydrogen-bond acceptors (Lipinski definition) is 4. The summed E-state index contributed by atoms with van der Waals surface area (Å²) in [5.41, 5.74) is -0.109. The number of esters is 1. The van der Waals surface area contributed by atoms with Crippen LogP contribution in [0.1, 0.15) is 6.42 Å². The topological polar surface area (TPSA) is 66.4 Å². The van der Waals surface area contributed by atoms with Gasteiger partial charge in [-0.2, -0.15) is 0 Å². The maximum Gasteiger partial charge on any atom is 0.333 e. The number of ether oxygens (including phenoxy) is 1. The Morgan fingerprint density at radius 1 is 1.55 bits per heavy atom. The van der Waals surface area contributed by atoms with E-state index in [2.05, 4.69) is 11.3 Å². The van der Waals surface area contributed by atoms with Gasteiger partial charge in [0.15, 0.2) is 0 Å². The van der Waals surface area contributed by atoms with Gasteiger partial charge in [-0.05, 0) is 0 Å². The number of carboxylic acid groups (broad SMARTS) is 1. The van der Waals surface area contributed by atoms with Crippen LogP contribution in [0.2, 0.25) is 0 Å². The van der Waals surface area contributed by atoms with Crippen molar-refractivity contribution in [1.29, 1.82) is 0 Å². The van der Waals surface area contributed by atoms with Gasteiger partial charge >= 0.3 is 5.97 Å². The Kier molecular flexibility index (Phi) is 7.59. The van der Waals surface area contributed by atoms with Crippen LogP contribution in [0.4, 0.5) is 0 Å². The number of carbonyl (C=O) groups excluding carboxylic acids is 2. The predicted octanol–water partition coefficient (Wildman–Crippen LogP) is -1.53. The zero-order valence-electron chi connectivity index (χ0n) is 6.05. The van der Waals surface area contributed by atoms with Crippen LogP contribution in [0.3, 0.4) is 0 Å². The minimum absolute atomic E-state index is 0. The number of carbonyl (C=O) groups is 2. The second-order valence-corrected chi connectivity index (χ2v) is 1.64. The summed E-state index contributed by atoms with van der Waals surface area (Å²) in [4.78, 5) is 20.3. The molecule has 0 N–H and O–H groups in total. The molecule has 60 valence electrons. The smallest absolute Gasteiger partial charge is 0.333 e. The van der Waals surface area contributed by atoms with E-state index in [0.29, 0.717) is 0 Å². The van der Waals surface area contributed by atoms with Crippen molar-refractivity contribution in [3.63, 3.8) is 0 Å². The quantitative estimate of drug-likeness (QED) is 0.352. The molecular weight excluding hydrogens is 343 g/mol. The van der Waals surface area contributed by atoms with Gasteiger partial charge in [-0.15, -0.1) is 0 Å². The zero-order chi connectivity index (χ0) is 8.15. The molecule has 0 fully saturated rings.